The largest absolute Gasteiger partial charge is 0.435 e. The van der Waals surface area contributed by atoms with Crippen LogP contribution >= 0.6 is 0 Å². The number of hydrogen-bond acceptors (Lipinski definition) is 8. The average Bonchev–Trinajstić information content (AvgIpc) is 3.14. The Morgan fingerprint density at radius 3 is 2.21 bits per heavy atom. The van der Waals surface area contributed by atoms with Crippen molar-refractivity contribution in [1.29, 1.82) is 0 Å². The fourth-order valence-electron chi connectivity index (χ4n) is 2.87. The highest BCUT2D eigenvalue weighted by Gasteiger charge is 2.22. The SMILES string of the molecule is Cc1nc([C@H](C)NC(=O)c2cc(OC(F)F)cc(OC(F)F)c2)n(-c2cc(C(N)=O)ncn2)n1. The molecule has 0 fully saturated rings. The van der Waals surface area contributed by atoms with E-state index in [9.17, 15) is 27.2 Å². The number of primary amides is 1. The smallest absolute Gasteiger partial charge is 0.387 e. The van der Waals surface area contributed by atoms with Crippen LogP contribution in [-0.2, 0) is 0 Å². The number of benzene rings is 1. The molecule has 180 valence electrons. The van der Waals surface area contributed by atoms with E-state index >= 15 is 0 Å². The number of ether oxygens (including phenoxy) is 2. The maximum atomic E-state index is 12.8. The van der Waals surface area contributed by atoms with E-state index in [0.717, 1.165) is 24.5 Å². The van der Waals surface area contributed by atoms with Crippen LogP contribution in [0.25, 0.3) is 5.82 Å². The molecule has 0 saturated heterocycles. The molecule has 1 aromatic carbocycles. The van der Waals surface area contributed by atoms with Crippen LogP contribution in [0.4, 0.5) is 17.6 Å². The van der Waals surface area contributed by atoms with Crippen LogP contribution in [-0.4, -0.2) is 49.8 Å². The molecular weight excluding hydrogens is 466 g/mol. The van der Waals surface area contributed by atoms with Gasteiger partial charge in [0.15, 0.2) is 11.6 Å². The minimum Gasteiger partial charge on any atom is -0.435 e. The van der Waals surface area contributed by atoms with Crippen molar-refractivity contribution < 1.29 is 36.6 Å². The molecule has 0 radical (unpaired) electrons. The van der Waals surface area contributed by atoms with Crippen molar-refractivity contribution in [2.24, 2.45) is 5.73 Å². The standard InChI is InChI=1S/C19H17F4N7O4/c1-8(16-28-9(2)29-30(16)14-6-13(15(24)31)25-7-26-14)27-17(32)10-3-11(33-18(20)21)5-12(4-10)34-19(22)23/h3-8,18-19H,1-2H3,(H2,24,31)(H,27,32)/t8-/m0/s1. The van der Waals surface area contributed by atoms with E-state index in [1.807, 2.05) is 0 Å². The lowest BCUT2D eigenvalue weighted by molar-refractivity contribution is -0.0543. The van der Waals surface area contributed by atoms with E-state index in [-0.39, 0.29) is 22.9 Å². The minimum atomic E-state index is -3.25. The van der Waals surface area contributed by atoms with Crippen LogP contribution < -0.4 is 20.5 Å². The molecular formula is C19H17F4N7O4. The number of nitrogens with two attached hydrogens (primary N) is 1. The molecule has 2 heterocycles. The molecule has 2 amide bonds. The number of rotatable bonds is 9. The Bertz CT molecular complexity index is 1180. The summed E-state index contributed by atoms with van der Waals surface area (Å²) in [6.45, 7) is -3.40. The molecule has 0 aliphatic rings. The third-order valence-electron chi connectivity index (χ3n) is 4.19. The molecule has 0 saturated carbocycles. The minimum absolute atomic E-state index is 0.0804. The Labute approximate surface area is 188 Å². The van der Waals surface area contributed by atoms with Gasteiger partial charge in [0.25, 0.3) is 11.8 Å². The molecule has 3 aromatic rings. The topological polar surface area (TPSA) is 147 Å². The summed E-state index contributed by atoms with van der Waals surface area (Å²) in [5, 5.41) is 6.73. The summed E-state index contributed by atoms with van der Waals surface area (Å²) in [4.78, 5) is 36.2. The molecule has 0 spiro atoms. The monoisotopic (exact) mass is 483 g/mol. The fourth-order valence-corrected chi connectivity index (χ4v) is 2.87. The van der Waals surface area contributed by atoms with E-state index in [0.29, 0.717) is 5.82 Å². The number of nitrogens with zero attached hydrogens (tertiary/aromatic N) is 5. The molecule has 1 atom stereocenters. The van der Waals surface area contributed by atoms with Crippen molar-refractivity contribution in [1.82, 2.24) is 30.0 Å². The number of nitrogens with one attached hydrogen (secondary N) is 1. The maximum Gasteiger partial charge on any atom is 0.387 e. The van der Waals surface area contributed by atoms with Crippen LogP contribution in [0.1, 0.15) is 45.5 Å². The Kier molecular flexibility index (Phi) is 7.23. The molecule has 0 aliphatic carbocycles. The molecule has 11 nitrogen and oxygen atoms in total. The van der Waals surface area contributed by atoms with Crippen LogP contribution in [0, 0.1) is 6.92 Å². The van der Waals surface area contributed by atoms with Crippen molar-refractivity contribution in [3.8, 4) is 17.3 Å². The summed E-state index contributed by atoms with van der Waals surface area (Å²) in [5.41, 5.74) is 4.86. The Balaban J connectivity index is 1.89. The summed E-state index contributed by atoms with van der Waals surface area (Å²) in [7, 11) is 0. The molecule has 3 N–H and O–H groups in total. The maximum absolute atomic E-state index is 12.8. The Morgan fingerprint density at radius 1 is 1.03 bits per heavy atom. The number of carbonyl (C=O) groups is 2. The lowest BCUT2D eigenvalue weighted by Gasteiger charge is -2.16. The van der Waals surface area contributed by atoms with Gasteiger partial charge in [0.05, 0.1) is 6.04 Å². The van der Waals surface area contributed by atoms with Crippen LogP contribution in [0.3, 0.4) is 0 Å². The number of hydrogen-bond donors (Lipinski definition) is 2. The molecule has 0 unspecified atom stereocenters. The molecule has 0 bridgehead atoms. The quantitative estimate of drug-likeness (QED) is 0.440. The lowest BCUT2D eigenvalue weighted by Crippen LogP contribution is -2.29. The molecule has 3 rings (SSSR count). The first-order valence-electron chi connectivity index (χ1n) is 9.45. The highest BCUT2D eigenvalue weighted by Crippen LogP contribution is 2.26. The summed E-state index contributed by atoms with van der Waals surface area (Å²) < 4.78 is 60.1. The predicted molar refractivity (Wildman–Crippen MR) is 106 cm³/mol. The van der Waals surface area contributed by atoms with Gasteiger partial charge in [-0.15, -0.1) is 5.10 Å². The number of halogens is 4. The predicted octanol–water partition coefficient (Wildman–Crippen LogP) is 2.16. The zero-order chi connectivity index (χ0) is 25.0. The zero-order valence-corrected chi connectivity index (χ0v) is 17.6. The summed E-state index contributed by atoms with van der Waals surface area (Å²) in [6.07, 6.45) is 1.10. The van der Waals surface area contributed by atoms with E-state index in [2.05, 4.69) is 34.8 Å². The van der Waals surface area contributed by atoms with Gasteiger partial charge in [-0.2, -0.15) is 22.2 Å². The number of aromatic nitrogens is 5. The van der Waals surface area contributed by atoms with Gasteiger partial charge in [-0.05, 0) is 26.0 Å². The molecule has 15 heteroatoms. The van der Waals surface area contributed by atoms with Gasteiger partial charge >= 0.3 is 13.2 Å². The molecule has 2 aromatic heterocycles. The van der Waals surface area contributed by atoms with Crippen molar-refractivity contribution in [3.05, 3.63) is 53.5 Å². The van der Waals surface area contributed by atoms with E-state index in [1.165, 1.54) is 17.7 Å². The van der Waals surface area contributed by atoms with Gasteiger partial charge in [0.1, 0.15) is 29.3 Å². The number of carbonyl (C=O) groups excluding carboxylic acids is 2. The van der Waals surface area contributed by atoms with Crippen molar-refractivity contribution in [2.45, 2.75) is 33.1 Å². The van der Waals surface area contributed by atoms with Gasteiger partial charge in [-0.3, -0.25) is 9.59 Å². The summed E-state index contributed by atoms with van der Waals surface area (Å²) in [6, 6.07) is 3.09. The van der Waals surface area contributed by atoms with Crippen LogP contribution in [0.5, 0.6) is 11.5 Å². The van der Waals surface area contributed by atoms with Crippen molar-refractivity contribution in [3.63, 3.8) is 0 Å². The second-order valence-electron chi connectivity index (χ2n) is 6.70. The van der Waals surface area contributed by atoms with E-state index < -0.39 is 42.6 Å². The highest BCUT2D eigenvalue weighted by atomic mass is 19.3. The number of amides is 2. The third kappa shape index (κ3) is 5.93. The van der Waals surface area contributed by atoms with Gasteiger partial charge in [0, 0.05) is 17.7 Å². The third-order valence-corrected chi connectivity index (χ3v) is 4.19. The van der Waals surface area contributed by atoms with Gasteiger partial charge in [0.2, 0.25) is 0 Å². The molecule has 0 aliphatic heterocycles. The van der Waals surface area contributed by atoms with E-state index in [4.69, 9.17) is 5.73 Å². The zero-order valence-electron chi connectivity index (χ0n) is 17.6. The van der Waals surface area contributed by atoms with Crippen LogP contribution in [0.2, 0.25) is 0 Å². The van der Waals surface area contributed by atoms with Crippen molar-refractivity contribution in [2.75, 3.05) is 0 Å². The fraction of sp³-hybridized carbons (Fsp3) is 0.263. The van der Waals surface area contributed by atoms with Gasteiger partial charge < -0.3 is 20.5 Å². The highest BCUT2D eigenvalue weighted by molar-refractivity contribution is 5.95. The van der Waals surface area contributed by atoms with Crippen LogP contribution in [0.15, 0.2) is 30.6 Å². The van der Waals surface area contributed by atoms with Gasteiger partial charge in [-0.1, -0.05) is 0 Å². The van der Waals surface area contributed by atoms with E-state index in [1.54, 1.807) is 6.92 Å². The second kappa shape index (κ2) is 10.1. The van der Waals surface area contributed by atoms with Gasteiger partial charge in [-0.25, -0.2) is 15.0 Å². The summed E-state index contributed by atoms with van der Waals surface area (Å²) >= 11 is 0. The number of alkyl halides is 4. The lowest BCUT2D eigenvalue weighted by atomic mass is 10.1. The van der Waals surface area contributed by atoms with Crippen molar-refractivity contribution >= 4 is 11.8 Å². The first-order valence-corrected chi connectivity index (χ1v) is 9.45. The number of aryl methyl sites for hydroxylation is 1. The summed E-state index contributed by atoms with van der Waals surface area (Å²) in [5.74, 6) is -2.11. The average molecular weight is 483 g/mol. The molecule has 34 heavy (non-hydrogen) atoms. The first-order chi connectivity index (χ1) is 16.0. The second-order valence-corrected chi connectivity index (χ2v) is 6.70. The first kappa shape index (κ1) is 24.3. The normalized spacial score (nSPS) is 12.0. The Hall–Kier alpha value is -4.30. The Morgan fingerprint density at radius 2 is 1.65 bits per heavy atom.